The van der Waals surface area contributed by atoms with Crippen molar-refractivity contribution in [2.24, 2.45) is 5.73 Å². The van der Waals surface area contributed by atoms with Crippen LogP contribution in [-0.4, -0.2) is 46.1 Å². The Morgan fingerprint density at radius 1 is 1.12 bits per heavy atom. The highest BCUT2D eigenvalue weighted by molar-refractivity contribution is 7.91. The van der Waals surface area contributed by atoms with Gasteiger partial charge in [0.2, 0.25) is 17.7 Å². The van der Waals surface area contributed by atoms with Crippen LogP contribution in [0.1, 0.15) is 31.0 Å². The molecule has 1 aliphatic rings. The Morgan fingerprint density at radius 3 is 2.46 bits per heavy atom. The molecular formula is C26H22F3N7O4S. The van der Waals surface area contributed by atoms with E-state index in [1.165, 1.54) is 41.4 Å². The fourth-order valence-electron chi connectivity index (χ4n) is 4.20. The average Bonchev–Trinajstić information content (AvgIpc) is 3.61. The summed E-state index contributed by atoms with van der Waals surface area (Å²) in [5.74, 6) is -1.17. The molecule has 5 rings (SSSR count). The number of benzene rings is 2. The molecule has 2 N–H and O–H groups in total. The molecule has 11 nitrogen and oxygen atoms in total. The minimum absolute atomic E-state index is 0.0197. The van der Waals surface area contributed by atoms with E-state index in [2.05, 4.69) is 21.4 Å². The second-order valence-electron chi connectivity index (χ2n) is 9.95. The van der Waals surface area contributed by atoms with Crippen molar-refractivity contribution < 1.29 is 30.8 Å². The van der Waals surface area contributed by atoms with Crippen LogP contribution in [0.4, 0.5) is 18.9 Å². The summed E-state index contributed by atoms with van der Waals surface area (Å²) in [6.45, 7) is 3.10. The molecular weight excluding hydrogens is 563 g/mol. The van der Waals surface area contributed by atoms with Crippen LogP contribution in [0.15, 0.2) is 64.0 Å². The second-order valence-corrected chi connectivity index (χ2v) is 12.0. The quantitative estimate of drug-likeness (QED) is 0.370. The van der Waals surface area contributed by atoms with Gasteiger partial charge in [-0.25, -0.2) is 13.1 Å². The third kappa shape index (κ3) is 5.31. The number of carbonyl (C=O) groups is 1. The number of hydrogen-bond donors (Lipinski definition) is 1. The lowest BCUT2D eigenvalue weighted by Crippen LogP contribution is -2.45. The Labute approximate surface area is 231 Å². The molecule has 0 fully saturated rings. The van der Waals surface area contributed by atoms with Crippen molar-refractivity contribution in [3.8, 4) is 23.2 Å². The lowest BCUT2D eigenvalue weighted by Gasteiger charge is -2.24. The molecule has 1 aliphatic heterocycles. The van der Waals surface area contributed by atoms with Crippen molar-refractivity contribution in [2.45, 2.75) is 42.9 Å². The molecule has 0 saturated heterocycles. The molecule has 2 aromatic carbocycles. The van der Waals surface area contributed by atoms with Gasteiger partial charge >= 0.3 is 6.18 Å². The zero-order valence-corrected chi connectivity index (χ0v) is 22.4. The van der Waals surface area contributed by atoms with Gasteiger partial charge in [0, 0.05) is 11.8 Å². The van der Waals surface area contributed by atoms with E-state index >= 15 is 0 Å². The molecule has 1 amide bonds. The largest absolute Gasteiger partial charge is 0.435 e. The van der Waals surface area contributed by atoms with Gasteiger partial charge in [0.25, 0.3) is 0 Å². The van der Waals surface area contributed by atoms with Gasteiger partial charge < -0.3 is 15.1 Å². The summed E-state index contributed by atoms with van der Waals surface area (Å²) in [6.07, 6.45) is -3.41. The molecule has 2 aromatic heterocycles. The highest BCUT2D eigenvalue weighted by atomic mass is 32.2. The molecule has 4 aromatic rings. The van der Waals surface area contributed by atoms with Gasteiger partial charge in [-0.15, -0.1) is 10.2 Å². The van der Waals surface area contributed by atoms with E-state index in [1.807, 2.05) is 0 Å². The van der Waals surface area contributed by atoms with Gasteiger partial charge in [-0.2, -0.15) is 23.5 Å². The van der Waals surface area contributed by atoms with Gasteiger partial charge in [-0.3, -0.25) is 4.79 Å². The fraction of sp³-hybridized carbons (Fsp3) is 0.269. The van der Waals surface area contributed by atoms with E-state index in [4.69, 9.17) is 10.2 Å². The number of aromatic nitrogens is 4. The number of fused-ring (bicyclic) bond motifs is 1. The van der Waals surface area contributed by atoms with Crippen molar-refractivity contribution in [1.82, 2.24) is 20.0 Å². The van der Waals surface area contributed by atoms with Crippen molar-refractivity contribution >= 4 is 21.4 Å². The number of alkyl halides is 3. The predicted molar refractivity (Wildman–Crippen MR) is 138 cm³/mol. The van der Waals surface area contributed by atoms with Gasteiger partial charge in [0.1, 0.15) is 5.41 Å². The molecule has 0 radical (unpaired) electrons. The Bertz CT molecular complexity index is 1790. The lowest BCUT2D eigenvalue weighted by atomic mass is 9.96. The summed E-state index contributed by atoms with van der Waals surface area (Å²) in [5, 5.41) is 20.8. The molecule has 0 spiro atoms. The van der Waals surface area contributed by atoms with Crippen molar-refractivity contribution in [2.75, 3.05) is 10.7 Å². The van der Waals surface area contributed by atoms with Crippen LogP contribution in [0.3, 0.4) is 0 Å². The maximum absolute atomic E-state index is 13.3. The average molecular weight is 586 g/mol. The monoisotopic (exact) mass is 585 g/mol. The van der Waals surface area contributed by atoms with Crippen LogP contribution in [0.25, 0.3) is 17.1 Å². The van der Waals surface area contributed by atoms with Crippen LogP contribution in [0.2, 0.25) is 0 Å². The van der Waals surface area contributed by atoms with Crippen LogP contribution in [0, 0.1) is 11.3 Å². The highest BCUT2D eigenvalue weighted by Crippen LogP contribution is 2.36. The second kappa shape index (κ2) is 9.82. The molecule has 1 atom stereocenters. The van der Waals surface area contributed by atoms with E-state index in [0.29, 0.717) is 16.8 Å². The zero-order chi connectivity index (χ0) is 29.7. The number of sulfone groups is 1. The normalized spacial score (nSPS) is 17.1. The van der Waals surface area contributed by atoms with Crippen LogP contribution < -0.4 is 10.6 Å². The maximum atomic E-state index is 13.3. The summed E-state index contributed by atoms with van der Waals surface area (Å²) >= 11 is 0. The number of carbonyl (C=O) groups excluding carboxylic acids is 1. The molecule has 41 heavy (non-hydrogen) atoms. The molecule has 0 aliphatic carbocycles. The standard InChI is InChI=1S/C26H22F3N7O4S/c1-25(2,14-30)24-33-32-22(40-24)16-5-8-20-19(11-16)35(23(37)18(31)13-41(20,38)39)12-15-3-6-17(7-4-15)36-10-9-21(34-36)26(27,28)29/h3-11,18H,12-13,31H2,1-2H3/t18-/m0/s1. The number of halogens is 3. The smallest absolute Gasteiger partial charge is 0.419 e. The van der Waals surface area contributed by atoms with Crippen molar-refractivity contribution in [3.63, 3.8) is 0 Å². The highest BCUT2D eigenvalue weighted by Gasteiger charge is 2.37. The Morgan fingerprint density at radius 2 is 1.83 bits per heavy atom. The van der Waals surface area contributed by atoms with Crippen LogP contribution in [0.5, 0.6) is 0 Å². The summed E-state index contributed by atoms with van der Waals surface area (Å²) in [5.41, 5.74) is 5.14. The van der Waals surface area contributed by atoms with Crippen molar-refractivity contribution in [3.05, 3.63) is 71.9 Å². The first-order chi connectivity index (χ1) is 19.2. The van der Waals surface area contributed by atoms with Gasteiger partial charge in [-0.1, -0.05) is 12.1 Å². The number of nitriles is 1. The summed E-state index contributed by atoms with van der Waals surface area (Å²) in [6, 6.07) is 12.0. The number of nitrogens with two attached hydrogens (primary N) is 1. The Hall–Kier alpha value is -4.55. The van der Waals surface area contributed by atoms with Gasteiger partial charge in [-0.05, 0) is 55.8 Å². The van der Waals surface area contributed by atoms with Gasteiger partial charge in [0.15, 0.2) is 15.5 Å². The minimum Gasteiger partial charge on any atom is -0.419 e. The summed E-state index contributed by atoms with van der Waals surface area (Å²) in [7, 11) is -3.96. The van der Waals surface area contributed by atoms with E-state index in [1.54, 1.807) is 26.0 Å². The van der Waals surface area contributed by atoms with Crippen LogP contribution in [-0.2, 0) is 32.8 Å². The predicted octanol–water partition coefficient (Wildman–Crippen LogP) is 3.39. The van der Waals surface area contributed by atoms with E-state index < -0.39 is 44.8 Å². The minimum atomic E-state index is -4.58. The third-order valence-corrected chi connectivity index (χ3v) is 8.29. The lowest BCUT2D eigenvalue weighted by molar-refractivity contribution is -0.141. The molecule has 212 valence electrons. The SMILES string of the molecule is CC(C)(C#N)c1nnc(-c2ccc3c(c2)N(Cc2ccc(-n4ccc(C(F)(F)F)n4)cc2)C(=O)[C@@H](N)CS3(=O)=O)o1. The van der Waals surface area contributed by atoms with E-state index in [-0.39, 0.29) is 28.9 Å². The first-order valence-electron chi connectivity index (χ1n) is 12.1. The van der Waals surface area contributed by atoms with Crippen molar-refractivity contribution in [1.29, 1.82) is 5.26 Å². The number of amides is 1. The van der Waals surface area contributed by atoms with E-state index in [0.717, 1.165) is 10.7 Å². The zero-order valence-electron chi connectivity index (χ0n) is 21.6. The Balaban J connectivity index is 1.52. The summed E-state index contributed by atoms with van der Waals surface area (Å²) in [4.78, 5) is 14.4. The topological polar surface area (TPSA) is 161 Å². The van der Waals surface area contributed by atoms with E-state index in [9.17, 15) is 31.6 Å². The molecule has 0 saturated carbocycles. The van der Waals surface area contributed by atoms with Crippen LogP contribution >= 0.6 is 0 Å². The number of nitrogens with zero attached hydrogens (tertiary/aromatic N) is 6. The number of anilines is 1. The molecule has 15 heteroatoms. The molecule has 0 bridgehead atoms. The number of hydrogen-bond acceptors (Lipinski definition) is 9. The maximum Gasteiger partial charge on any atom is 0.435 e. The Kier molecular flexibility index (Phi) is 6.71. The third-order valence-electron chi connectivity index (χ3n) is 6.47. The first kappa shape index (κ1) is 28.0. The number of rotatable bonds is 5. The van der Waals surface area contributed by atoms with Gasteiger partial charge in [0.05, 0.1) is 40.7 Å². The first-order valence-corrected chi connectivity index (χ1v) is 13.8. The summed E-state index contributed by atoms with van der Waals surface area (Å²) < 4.78 is 71.8. The molecule has 0 unspecified atom stereocenters. The fourth-order valence-corrected chi connectivity index (χ4v) is 5.76. The molecule has 3 heterocycles.